The molecule has 0 saturated carbocycles. The number of nitrogens with zero attached hydrogens (tertiary/aromatic N) is 1. The van der Waals surface area contributed by atoms with E-state index in [1.54, 1.807) is 26.8 Å². The zero-order valence-corrected chi connectivity index (χ0v) is 11.8. The first-order valence-electron chi connectivity index (χ1n) is 5.80. The van der Waals surface area contributed by atoms with Crippen LogP contribution in [0.25, 0.3) is 0 Å². The zero-order chi connectivity index (χ0) is 15.9. The van der Waals surface area contributed by atoms with Gasteiger partial charge in [-0.3, -0.25) is 4.79 Å². The molecule has 1 amide bonds. The number of ether oxygens (including phenoxy) is 2. The van der Waals surface area contributed by atoms with Crippen LogP contribution in [-0.2, 0) is 19.1 Å². The standard InChI is InChI=1S/C12H18N2O6/c1-12(2,3)20-11(18)14-8(9(15)16)5-7(6-13)10(17)19-4/h7-8H,5H2,1-4H3,(H,14,18)(H,15,16)/t7-,8+/m1/s1. The van der Waals surface area contributed by atoms with Crippen molar-refractivity contribution < 1.29 is 29.0 Å². The number of carboxylic acid groups (broad SMARTS) is 1. The normalized spacial score (nSPS) is 13.6. The molecule has 0 spiro atoms. The fraction of sp³-hybridized carbons (Fsp3) is 0.667. The van der Waals surface area contributed by atoms with Crippen molar-refractivity contribution in [1.29, 1.82) is 5.26 Å². The number of amides is 1. The monoisotopic (exact) mass is 286 g/mol. The molecule has 0 aliphatic carbocycles. The summed E-state index contributed by atoms with van der Waals surface area (Å²) in [5.41, 5.74) is -0.788. The Balaban J connectivity index is 4.75. The van der Waals surface area contributed by atoms with Gasteiger partial charge in [-0.2, -0.15) is 5.26 Å². The van der Waals surface area contributed by atoms with Crippen LogP contribution in [0.2, 0.25) is 0 Å². The van der Waals surface area contributed by atoms with Crippen molar-refractivity contribution in [3.05, 3.63) is 0 Å². The highest BCUT2D eigenvalue weighted by atomic mass is 16.6. The maximum atomic E-state index is 11.5. The Hall–Kier alpha value is -2.30. The number of carbonyl (C=O) groups excluding carboxylic acids is 2. The maximum Gasteiger partial charge on any atom is 0.408 e. The van der Waals surface area contributed by atoms with E-state index >= 15 is 0 Å². The van der Waals surface area contributed by atoms with Crippen LogP contribution in [0.1, 0.15) is 27.2 Å². The van der Waals surface area contributed by atoms with Gasteiger partial charge in [0, 0.05) is 6.42 Å². The van der Waals surface area contributed by atoms with E-state index < -0.39 is 42.0 Å². The molecule has 0 unspecified atom stereocenters. The molecule has 0 bridgehead atoms. The van der Waals surface area contributed by atoms with Gasteiger partial charge in [0.25, 0.3) is 0 Å². The molecule has 112 valence electrons. The molecule has 2 atom stereocenters. The lowest BCUT2D eigenvalue weighted by molar-refractivity contribution is -0.145. The van der Waals surface area contributed by atoms with Gasteiger partial charge >= 0.3 is 18.0 Å². The molecular weight excluding hydrogens is 268 g/mol. The van der Waals surface area contributed by atoms with Crippen LogP contribution in [0, 0.1) is 17.2 Å². The number of esters is 1. The molecule has 0 aliphatic heterocycles. The second-order valence-corrected chi connectivity index (χ2v) is 4.98. The first-order chi connectivity index (χ1) is 9.10. The maximum absolute atomic E-state index is 11.5. The molecule has 0 radical (unpaired) electrons. The van der Waals surface area contributed by atoms with Crippen LogP contribution in [0.15, 0.2) is 0 Å². The van der Waals surface area contributed by atoms with Crippen LogP contribution in [0.3, 0.4) is 0 Å². The van der Waals surface area contributed by atoms with Crippen molar-refractivity contribution in [1.82, 2.24) is 5.32 Å². The fourth-order valence-corrected chi connectivity index (χ4v) is 1.25. The summed E-state index contributed by atoms with van der Waals surface area (Å²) in [6, 6.07) is 0.207. The first kappa shape index (κ1) is 17.7. The summed E-state index contributed by atoms with van der Waals surface area (Å²) in [6.07, 6.45) is -1.34. The van der Waals surface area contributed by atoms with E-state index in [0.29, 0.717) is 0 Å². The SMILES string of the molecule is COC(=O)[C@@H](C#N)C[C@H](NC(=O)OC(C)(C)C)C(=O)O. The Morgan fingerprint density at radius 1 is 1.35 bits per heavy atom. The Morgan fingerprint density at radius 2 is 1.90 bits per heavy atom. The molecule has 0 aliphatic rings. The van der Waals surface area contributed by atoms with Gasteiger partial charge in [0.05, 0.1) is 13.2 Å². The van der Waals surface area contributed by atoms with E-state index in [-0.39, 0.29) is 0 Å². The molecular formula is C12H18N2O6. The van der Waals surface area contributed by atoms with E-state index in [2.05, 4.69) is 10.1 Å². The second kappa shape index (κ2) is 7.33. The number of nitriles is 1. The van der Waals surface area contributed by atoms with Crippen LogP contribution >= 0.6 is 0 Å². The van der Waals surface area contributed by atoms with Crippen LogP contribution in [-0.4, -0.2) is 41.9 Å². The quantitative estimate of drug-likeness (QED) is 0.711. The van der Waals surface area contributed by atoms with Gasteiger partial charge in [0.15, 0.2) is 0 Å². The number of hydrogen-bond donors (Lipinski definition) is 2. The molecule has 20 heavy (non-hydrogen) atoms. The van der Waals surface area contributed by atoms with E-state index in [0.717, 1.165) is 7.11 Å². The van der Waals surface area contributed by atoms with Crippen molar-refractivity contribution in [3.8, 4) is 6.07 Å². The van der Waals surface area contributed by atoms with Crippen molar-refractivity contribution in [2.24, 2.45) is 5.92 Å². The van der Waals surface area contributed by atoms with Crippen LogP contribution in [0.4, 0.5) is 4.79 Å². The Labute approximate surface area is 116 Å². The molecule has 0 rings (SSSR count). The number of nitrogens with one attached hydrogen (secondary N) is 1. The topological polar surface area (TPSA) is 126 Å². The summed E-state index contributed by atoms with van der Waals surface area (Å²) >= 11 is 0. The lowest BCUT2D eigenvalue weighted by Crippen LogP contribution is -2.45. The highest BCUT2D eigenvalue weighted by Crippen LogP contribution is 2.11. The van der Waals surface area contributed by atoms with E-state index in [4.69, 9.17) is 15.1 Å². The number of methoxy groups -OCH3 is 1. The Morgan fingerprint density at radius 3 is 2.25 bits per heavy atom. The molecule has 0 aromatic carbocycles. The molecule has 8 nitrogen and oxygen atoms in total. The third kappa shape index (κ3) is 6.58. The molecule has 0 aromatic heterocycles. The zero-order valence-electron chi connectivity index (χ0n) is 11.8. The average Bonchev–Trinajstić information content (AvgIpc) is 2.30. The average molecular weight is 286 g/mol. The number of hydrogen-bond acceptors (Lipinski definition) is 6. The van der Waals surface area contributed by atoms with Gasteiger partial charge in [-0.1, -0.05) is 0 Å². The molecule has 0 heterocycles. The first-order valence-corrected chi connectivity index (χ1v) is 5.80. The minimum absolute atomic E-state index is 0.405. The summed E-state index contributed by atoms with van der Waals surface area (Å²) in [6.45, 7) is 4.86. The van der Waals surface area contributed by atoms with Crippen LogP contribution < -0.4 is 5.32 Å². The number of carbonyl (C=O) groups is 3. The van der Waals surface area contributed by atoms with Crippen molar-refractivity contribution in [2.75, 3.05) is 7.11 Å². The highest BCUT2D eigenvalue weighted by Gasteiger charge is 2.30. The summed E-state index contributed by atoms with van der Waals surface area (Å²) in [7, 11) is 1.09. The lowest BCUT2D eigenvalue weighted by Gasteiger charge is -2.22. The van der Waals surface area contributed by atoms with Crippen LogP contribution in [0.5, 0.6) is 0 Å². The van der Waals surface area contributed by atoms with Crippen molar-refractivity contribution in [3.63, 3.8) is 0 Å². The number of carboxylic acids is 1. The lowest BCUT2D eigenvalue weighted by atomic mass is 10.0. The minimum atomic E-state index is -1.42. The number of rotatable bonds is 5. The van der Waals surface area contributed by atoms with Gasteiger partial charge in [-0.05, 0) is 20.8 Å². The molecule has 0 saturated heterocycles. The molecule has 0 aromatic rings. The smallest absolute Gasteiger partial charge is 0.408 e. The summed E-state index contributed by atoms with van der Waals surface area (Å²) in [5, 5.41) is 19.9. The third-order valence-electron chi connectivity index (χ3n) is 2.10. The predicted molar refractivity (Wildman–Crippen MR) is 66.5 cm³/mol. The van der Waals surface area contributed by atoms with Crippen molar-refractivity contribution in [2.45, 2.75) is 38.8 Å². The largest absolute Gasteiger partial charge is 0.480 e. The van der Waals surface area contributed by atoms with Gasteiger partial charge in [0.1, 0.15) is 17.6 Å². The molecule has 0 fully saturated rings. The van der Waals surface area contributed by atoms with Gasteiger partial charge in [-0.15, -0.1) is 0 Å². The number of alkyl carbamates (subject to hydrolysis) is 1. The van der Waals surface area contributed by atoms with E-state index in [1.807, 2.05) is 0 Å². The summed E-state index contributed by atoms with van der Waals surface area (Å²) in [4.78, 5) is 33.8. The highest BCUT2D eigenvalue weighted by molar-refractivity contribution is 5.82. The predicted octanol–water partition coefficient (Wildman–Crippen LogP) is 0.667. The molecule has 2 N–H and O–H groups in total. The van der Waals surface area contributed by atoms with Gasteiger partial charge in [-0.25, -0.2) is 9.59 Å². The van der Waals surface area contributed by atoms with E-state index in [1.165, 1.54) is 0 Å². The second-order valence-electron chi connectivity index (χ2n) is 4.98. The van der Waals surface area contributed by atoms with Crippen molar-refractivity contribution >= 4 is 18.0 Å². The Kier molecular flexibility index (Phi) is 6.49. The van der Waals surface area contributed by atoms with E-state index in [9.17, 15) is 14.4 Å². The van der Waals surface area contributed by atoms with Gasteiger partial charge in [0.2, 0.25) is 0 Å². The third-order valence-corrected chi connectivity index (χ3v) is 2.10. The Bertz CT molecular complexity index is 421. The minimum Gasteiger partial charge on any atom is -0.480 e. The van der Waals surface area contributed by atoms with Gasteiger partial charge < -0.3 is 19.9 Å². The summed E-state index contributed by atoms with van der Waals surface area (Å²) in [5.74, 6) is -3.51. The fourth-order valence-electron chi connectivity index (χ4n) is 1.25. The summed E-state index contributed by atoms with van der Waals surface area (Å²) < 4.78 is 9.28. The number of aliphatic carboxylic acids is 1. The molecule has 8 heteroatoms.